The molecule has 2 heterocycles. The molecule has 0 bridgehead atoms. The van der Waals surface area contributed by atoms with Gasteiger partial charge in [0.15, 0.2) is 0 Å². The Morgan fingerprint density at radius 3 is 1.94 bits per heavy atom. The average Bonchev–Trinajstić information content (AvgIpc) is 3.63. The maximum Gasteiger partial charge on any atom is 0.135 e. The van der Waals surface area contributed by atoms with Gasteiger partial charge in [-0.3, -0.25) is 0 Å². The highest BCUT2D eigenvalue weighted by atomic mass is 16.5. The molecule has 8 aromatic rings. The zero-order valence-corrected chi connectivity index (χ0v) is 30.0. The molecule has 0 saturated heterocycles. The van der Waals surface area contributed by atoms with E-state index in [1.165, 1.54) is 16.7 Å². The number of rotatable bonds is 7. The van der Waals surface area contributed by atoms with Gasteiger partial charge < -0.3 is 19.0 Å². The molecule has 0 aliphatic carbocycles. The van der Waals surface area contributed by atoms with Gasteiger partial charge in [0.05, 0.1) is 7.11 Å². The summed E-state index contributed by atoms with van der Waals surface area (Å²) in [5.74, 6) is 0.822. The first-order valence-electron chi connectivity index (χ1n) is 18.2. The average molecular weight is 699 g/mol. The van der Waals surface area contributed by atoms with Crippen molar-refractivity contribution in [3.8, 4) is 28.0 Å². The molecule has 1 aromatic heterocycles. The minimum Gasteiger partial charge on any atom is -0.497 e. The summed E-state index contributed by atoms with van der Waals surface area (Å²) in [6.07, 6.45) is 9.20. The van der Waals surface area contributed by atoms with E-state index in [1.807, 2.05) is 24.3 Å². The fraction of sp³-hybridized carbons (Fsp3) is 0.0400. The number of para-hydroxylation sites is 1. The van der Waals surface area contributed by atoms with Crippen LogP contribution in [0, 0.1) is 0 Å². The molecule has 0 amide bonds. The van der Waals surface area contributed by atoms with Crippen molar-refractivity contribution < 1.29 is 9.15 Å². The maximum atomic E-state index is 6.20. The smallest absolute Gasteiger partial charge is 0.135 e. The number of ether oxygens (including phenoxy) is 1. The molecule has 0 atom stereocenters. The summed E-state index contributed by atoms with van der Waals surface area (Å²) in [5, 5.41) is 2.20. The summed E-state index contributed by atoms with van der Waals surface area (Å²) in [6.45, 7) is 4.43. The zero-order valence-electron chi connectivity index (χ0n) is 30.0. The number of benzene rings is 7. The van der Waals surface area contributed by atoms with E-state index < -0.39 is 0 Å². The maximum absolute atomic E-state index is 6.20. The van der Waals surface area contributed by atoms with Crippen LogP contribution in [0.1, 0.15) is 5.56 Å². The summed E-state index contributed by atoms with van der Waals surface area (Å²) in [4.78, 5) is 4.53. The number of furan rings is 1. The Labute approximate surface area is 315 Å². The molecule has 0 unspecified atom stereocenters. The van der Waals surface area contributed by atoms with Crippen molar-refractivity contribution in [2.45, 2.75) is 6.42 Å². The highest BCUT2D eigenvalue weighted by Crippen LogP contribution is 2.41. The van der Waals surface area contributed by atoms with Gasteiger partial charge in [0, 0.05) is 44.9 Å². The highest BCUT2D eigenvalue weighted by molar-refractivity contribution is 6.06. The van der Waals surface area contributed by atoms with Gasteiger partial charge in [-0.2, -0.15) is 0 Å². The minimum absolute atomic E-state index is 0.795. The van der Waals surface area contributed by atoms with Crippen LogP contribution in [-0.2, 0) is 6.42 Å². The normalized spacial score (nSPS) is 13.9. The summed E-state index contributed by atoms with van der Waals surface area (Å²) < 4.78 is 11.6. The molecule has 1 aliphatic rings. The zero-order chi connectivity index (χ0) is 36.4. The van der Waals surface area contributed by atoms with E-state index in [4.69, 9.17) is 9.15 Å². The molecule has 0 N–H and O–H groups in total. The third kappa shape index (κ3) is 6.24. The number of hydrogen-bond donors (Lipinski definition) is 0. The fourth-order valence-corrected chi connectivity index (χ4v) is 7.39. The van der Waals surface area contributed by atoms with Crippen LogP contribution in [0.25, 0.3) is 44.2 Å². The van der Waals surface area contributed by atoms with Crippen LogP contribution in [0.2, 0.25) is 0 Å². The van der Waals surface area contributed by atoms with Crippen LogP contribution in [-0.4, -0.2) is 7.11 Å². The van der Waals surface area contributed by atoms with Crippen LogP contribution >= 0.6 is 0 Å². The van der Waals surface area contributed by atoms with E-state index in [1.54, 1.807) is 7.11 Å². The largest absolute Gasteiger partial charge is 0.497 e. The van der Waals surface area contributed by atoms with Crippen LogP contribution in [0.15, 0.2) is 205 Å². The number of allylic oxidation sites excluding steroid dienone is 4. The van der Waals surface area contributed by atoms with E-state index in [2.05, 4.69) is 180 Å². The van der Waals surface area contributed by atoms with Gasteiger partial charge in [0.2, 0.25) is 0 Å². The van der Waals surface area contributed by atoms with Crippen molar-refractivity contribution in [2.24, 2.45) is 0 Å². The second-order valence-corrected chi connectivity index (χ2v) is 13.4. The first kappa shape index (κ1) is 32.8. The van der Waals surface area contributed by atoms with Gasteiger partial charge in [-0.25, -0.2) is 0 Å². The van der Waals surface area contributed by atoms with E-state index in [0.29, 0.717) is 0 Å². The van der Waals surface area contributed by atoms with E-state index in [-0.39, 0.29) is 0 Å². The standard InChI is InChI=1S/C50H38N2O2/c1-35-11-5-3-8-14-40-33-39(21-31-48(40)51(35)41-26-29-45(53-2)30-27-41)38-19-24-43(25-20-38)52(42-22-17-37(18-23-42)36-12-6-4-7-13-36)44-28-32-50-47(34-44)46-15-9-10-16-49(46)54-50/h3-13,15-34H,1,14H2,2H3/b8-3-,11-5-. The lowest BCUT2D eigenvalue weighted by atomic mass is 9.98. The minimum atomic E-state index is 0.795. The molecular weight excluding hydrogens is 661 g/mol. The Hall–Kier alpha value is -7.04. The van der Waals surface area contributed by atoms with Gasteiger partial charge >= 0.3 is 0 Å². The number of hydrogen-bond acceptors (Lipinski definition) is 4. The molecule has 54 heavy (non-hydrogen) atoms. The molecular formula is C50H38N2O2. The van der Waals surface area contributed by atoms with E-state index in [9.17, 15) is 0 Å². The third-order valence-electron chi connectivity index (χ3n) is 10.1. The Morgan fingerprint density at radius 1 is 0.574 bits per heavy atom. The predicted molar refractivity (Wildman–Crippen MR) is 226 cm³/mol. The molecule has 0 saturated carbocycles. The van der Waals surface area contributed by atoms with Gasteiger partial charge in [-0.15, -0.1) is 0 Å². The Morgan fingerprint density at radius 2 is 1.20 bits per heavy atom. The third-order valence-corrected chi connectivity index (χ3v) is 10.1. The monoisotopic (exact) mass is 698 g/mol. The van der Waals surface area contributed by atoms with Crippen LogP contribution in [0.4, 0.5) is 28.4 Å². The fourth-order valence-electron chi connectivity index (χ4n) is 7.39. The van der Waals surface area contributed by atoms with Crippen LogP contribution in [0.3, 0.4) is 0 Å². The molecule has 9 rings (SSSR count). The SMILES string of the molecule is C=C1/C=C\C=C/Cc2cc(-c3ccc(N(c4ccc(-c5ccccc5)cc4)c4ccc5oc6ccccc6c5c4)cc3)ccc2N1c1ccc(OC)cc1. The first-order valence-corrected chi connectivity index (χ1v) is 18.2. The quantitative estimate of drug-likeness (QED) is 0.166. The molecule has 4 heteroatoms. The Kier molecular flexibility index (Phi) is 8.62. The molecule has 1 aliphatic heterocycles. The summed E-state index contributed by atoms with van der Waals surface area (Å²) >= 11 is 0. The summed E-state index contributed by atoms with van der Waals surface area (Å²) in [6, 6.07) is 57.8. The molecule has 0 radical (unpaired) electrons. The lowest BCUT2D eigenvalue weighted by molar-refractivity contribution is 0.415. The highest BCUT2D eigenvalue weighted by Gasteiger charge is 2.19. The van der Waals surface area contributed by atoms with Crippen molar-refractivity contribution in [2.75, 3.05) is 16.9 Å². The molecule has 0 spiro atoms. The molecule has 7 aromatic carbocycles. The van der Waals surface area contributed by atoms with Gasteiger partial charge in [-0.1, -0.05) is 104 Å². The topological polar surface area (TPSA) is 28.9 Å². The summed E-state index contributed by atoms with van der Waals surface area (Å²) in [7, 11) is 1.69. The van der Waals surface area contributed by atoms with Crippen molar-refractivity contribution >= 4 is 50.4 Å². The molecule has 0 fully saturated rings. The lowest BCUT2D eigenvalue weighted by Gasteiger charge is -2.28. The predicted octanol–water partition coefficient (Wildman–Crippen LogP) is 13.7. The Bertz CT molecular complexity index is 2670. The van der Waals surface area contributed by atoms with Crippen molar-refractivity contribution in [1.82, 2.24) is 0 Å². The molecule has 260 valence electrons. The van der Waals surface area contributed by atoms with Crippen LogP contribution < -0.4 is 14.5 Å². The first-order chi connectivity index (χ1) is 26.6. The second kappa shape index (κ2) is 14.2. The van der Waals surface area contributed by atoms with Gasteiger partial charge in [0.25, 0.3) is 0 Å². The van der Waals surface area contributed by atoms with Crippen molar-refractivity contribution in [3.05, 3.63) is 206 Å². The number of methoxy groups -OCH3 is 1. The van der Waals surface area contributed by atoms with Crippen LogP contribution in [0.5, 0.6) is 5.75 Å². The van der Waals surface area contributed by atoms with E-state index in [0.717, 1.165) is 79.4 Å². The van der Waals surface area contributed by atoms with E-state index >= 15 is 0 Å². The lowest BCUT2D eigenvalue weighted by Crippen LogP contribution is -2.16. The van der Waals surface area contributed by atoms with Crippen molar-refractivity contribution in [1.29, 1.82) is 0 Å². The second-order valence-electron chi connectivity index (χ2n) is 13.4. The number of fused-ring (bicyclic) bond motifs is 4. The van der Waals surface area contributed by atoms with Crippen molar-refractivity contribution in [3.63, 3.8) is 0 Å². The van der Waals surface area contributed by atoms with Gasteiger partial charge in [-0.05, 0) is 125 Å². The summed E-state index contributed by atoms with van der Waals surface area (Å²) in [5.41, 5.74) is 13.9. The number of anilines is 5. The molecule has 4 nitrogen and oxygen atoms in total. The van der Waals surface area contributed by atoms with Gasteiger partial charge in [0.1, 0.15) is 16.9 Å². The Balaban J connectivity index is 1.10. The number of nitrogens with zero attached hydrogens (tertiary/aromatic N) is 2.